The molecule has 1 fully saturated rings. The molecule has 1 aliphatic rings. The van der Waals surface area contributed by atoms with Crippen molar-refractivity contribution in [2.45, 2.75) is 29.6 Å². The number of sulfonamides is 2. The molecule has 11 heteroatoms. The van der Waals surface area contributed by atoms with Crippen molar-refractivity contribution < 1.29 is 26.4 Å². The van der Waals surface area contributed by atoms with Gasteiger partial charge in [-0.15, -0.1) is 0 Å². The molecule has 0 aromatic heterocycles. The average Bonchev–Trinajstić information content (AvgIpc) is 2.79. The molecule has 2 aromatic rings. The first kappa shape index (κ1) is 25.0. The molecule has 0 aliphatic carbocycles. The van der Waals surface area contributed by atoms with Gasteiger partial charge in [-0.1, -0.05) is 24.3 Å². The summed E-state index contributed by atoms with van der Waals surface area (Å²) in [5, 5.41) is 2.70. The monoisotopic (exact) mass is 493 g/mol. The van der Waals surface area contributed by atoms with Crippen molar-refractivity contribution in [1.82, 2.24) is 8.61 Å². The lowest BCUT2D eigenvalue weighted by Gasteiger charge is -2.30. The minimum Gasteiger partial charge on any atom is -0.325 e. The molecule has 1 amide bonds. The van der Waals surface area contributed by atoms with E-state index in [1.165, 1.54) is 61.7 Å². The van der Waals surface area contributed by atoms with Crippen LogP contribution in [0, 0.1) is 5.92 Å². The number of carbonyl (C=O) groups excluding carboxylic acids is 2. The number of ketones is 1. The van der Waals surface area contributed by atoms with Gasteiger partial charge < -0.3 is 5.32 Å². The molecule has 1 heterocycles. The van der Waals surface area contributed by atoms with Gasteiger partial charge in [0.15, 0.2) is 5.78 Å². The molecule has 0 spiro atoms. The maximum Gasteiger partial charge on any atom is 0.244 e. The van der Waals surface area contributed by atoms with Crippen LogP contribution in [0.5, 0.6) is 0 Å². The first-order chi connectivity index (χ1) is 15.4. The molecule has 0 atom stereocenters. The third-order valence-electron chi connectivity index (χ3n) is 5.63. The van der Waals surface area contributed by atoms with Crippen LogP contribution >= 0.6 is 0 Å². The lowest BCUT2D eigenvalue weighted by atomic mass is 9.97. The van der Waals surface area contributed by atoms with Gasteiger partial charge in [0.05, 0.1) is 10.6 Å². The second-order valence-corrected chi connectivity index (χ2v) is 12.1. The molecular formula is C22H27N3O6S2. The molecule has 0 bridgehead atoms. The SMILES string of the molecule is CC(=O)c1ccc(S(=O)(=O)N2CCC(C(=O)Nc3ccccc3S(=O)(=O)N(C)C)CC2)cc1. The van der Waals surface area contributed by atoms with Crippen molar-refractivity contribution in [3.63, 3.8) is 0 Å². The largest absolute Gasteiger partial charge is 0.325 e. The third kappa shape index (κ3) is 5.32. The van der Waals surface area contributed by atoms with Gasteiger partial charge in [0.2, 0.25) is 26.0 Å². The Morgan fingerprint density at radius 3 is 2.06 bits per heavy atom. The van der Waals surface area contributed by atoms with Gasteiger partial charge in [-0.2, -0.15) is 4.31 Å². The summed E-state index contributed by atoms with van der Waals surface area (Å²) in [4.78, 5) is 24.3. The fourth-order valence-electron chi connectivity index (χ4n) is 3.60. The Bertz CT molecular complexity index is 1250. The summed E-state index contributed by atoms with van der Waals surface area (Å²) in [6.07, 6.45) is 0.610. The van der Waals surface area contributed by atoms with E-state index in [0.29, 0.717) is 18.4 Å². The van der Waals surface area contributed by atoms with Crippen molar-refractivity contribution in [1.29, 1.82) is 0 Å². The van der Waals surface area contributed by atoms with Crippen LogP contribution in [-0.4, -0.2) is 64.3 Å². The van der Waals surface area contributed by atoms with Crippen molar-refractivity contribution in [3.05, 3.63) is 54.1 Å². The minimum absolute atomic E-state index is 0.00243. The molecule has 178 valence electrons. The zero-order valence-electron chi connectivity index (χ0n) is 18.7. The molecule has 1 saturated heterocycles. The summed E-state index contributed by atoms with van der Waals surface area (Å²) >= 11 is 0. The summed E-state index contributed by atoms with van der Waals surface area (Å²) in [7, 11) is -4.65. The van der Waals surface area contributed by atoms with Crippen LogP contribution in [0.25, 0.3) is 0 Å². The Hall–Kier alpha value is -2.60. The lowest BCUT2D eigenvalue weighted by Crippen LogP contribution is -2.41. The Balaban J connectivity index is 1.68. The minimum atomic E-state index is -3.74. The van der Waals surface area contributed by atoms with E-state index in [4.69, 9.17) is 0 Å². The number of amides is 1. The highest BCUT2D eigenvalue weighted by atomic mass is 32.2. The van der Waals surface area contributed by atoms with Gasteiger partial charge in [0.1, 0.15) is 4.90 Å². The molecular weight excluding hydrogens is 466 g/mol. The zero-order chi connectivity index (χ0) is 24.4. The highest BCUT2D eigenvalue weighted by molar-refractivity contribution is 7.89. The zero-order valence-corrected chi connectivity index (χ0v) is 20.3. The van der Waals surface area contributed by atoms with Gasteiger partial charge in [-0.25, -0.2) is 21.1 Å². The summed E-state index contributed by atoms with van der Waals surface area (Å²) in [5.41, 5.74) is 0.623. The normalized spacial score (nSPS) is 16.0. The van der Waals surface area contributed by atoms with Crippen LogP contribution in [0.4, 0.5) is 5.69 Å². The van der Waals surface area contributed by atoms with E-state index in [1.54, 1.807) is 12.1 Å². The summed E-state index contributed by atoms with van der Waals surface area (Å²) in [6, 6.07) is 12.0. The van der Waals surface area contributed by atoms with E-state index in [9.17, 15) is 26.4 Å². The number of hydrogen-bond donors (Lipinski definition) is 1. The van der Waals surface area contributed by atoms with Crippen LogP contribution in [0.2, 0.25) is 0 Å². The number of nitrogens with zero attached hydrogens (tertiary/aromatic N) is 2. The van der Waals surface area contributed by atoms with Crippen LogP contribution in [0.1, 0.15) is 30.1 Å². The number of hydrogen-bond acceptors (Lipinski definition) is 6. The fraction of sp³-hybridized carbons (Fsp3) is 0.364. The van der Waals surface area contributed by atoms with Gasteiger partial charge in [0.25, 0.3) is 0 Å². The van der Waals surface area contributed by atoms with Crippen LogP contribution in [0.3, 0.4) is 0 Å². The van der Waals surface area contributed by atoms with E-state index in [0.717, 1.165) is 4.31 Å². The van der Waals surface area contributed by atoms with Crippen molar-refractivity contribution in [2.75, 3.05) is 32.5 Å². The lowest BCUT2D eigenvalue weighted by molar-refractivity contribution is -0.120. The van der Waals surface area contributed by atoms with Crippen molar-refractivity contribution in [3.8, 4) is 0 Å². The Kier molecular flexibility index (Phi) is 7.37. The summed E-state index contributed by atoms with van der Waals surface area (Å²) < 4.78 is 53.3. The topological polar surface area (TPSA) is 121 Å². The molecule has 0 unspecified atom stereocenters. The maximum atomic E-state index is 12.9. The van der Waals surface area contributed by atoms with E-state index in [2.05, 4.69) is 5.32 Å². The number of benzene rings is 2. The quantitative estimate of drug-likeness (QED) is 0.590. The molecule has 2 aromatic carbocycles. The van der Waals surface area contributed by atoms with Crippen molar-refractivity contribution >= 4 is 37.4 Å². The van der Waals surface area contributed by atoms with E-state index >= 15 is 0 Å². The predicted molar refractivity (Wildman–Crippen MR) is 124 cm³/mol. The predicted octanol–water partition coefficient (Wildman–Crippen LogP) is 2.18. The van der Waals surface area contributed by atoms with Crippen LogP contribution in [-0.2, 0) is 24.8 Å². The number of Topliss-reactive ketones (excluding diaryl/α,β-unsaturated/α-hetero) is 1. The second kappa shape index (κ2) is 9.72. The van der Waals surface area contributed by atoms with Crippen LogP contribution < -0.4 is 5.32 Å². The molecule has 3 rings (SSSR count). The second-order valence-electron chi connectivity index (χ2n) is 8.03. The van der Waals surface area contributed by atoms with E-state index < -0.39 is 26.0 Å². The highest BCUT2D eigenvalue weighted by Crippen LogP contribution is 2.27. The van der Waals surface area contributed by atoms with E-state index in [-0.39, 0.29) is 40.3 Å². The number of piperidine rings is 1. The number of para-hydroxylation sites is 1. The Labute approximate surface area is 194 Å². The third-order valence-corrected chi connectivity index (χ3v) is 9.41. The summed E-state index contributed by atoms with van der Waals surface area (Å²) in [5.74, 6) is -0.948. The molecule has 9 nitrogen and oxygen atoms in total. The standard InChI is InChI=1S/C22H27N3O6S2/c1-16(26)17-8-10-19(11-9-17)32(28,29)25-14-12-18(13-15-25)22(27)23-20-6-4-5-7-21(20)33(30,31)24(2)3/h4-11,18H,12-15H2,1-3H3,(H,23,27). The number of rotatable bonds is 7. The molecule has 0 saturated carbocycles. The molecule has 1 N–H and O–H groups in total. The number of carbonyl (C=O) groups is 2. The smallest absolute Gasteiger partial charge is 0.244 e. The van der Waals surface area contributed by atoms with Crippen molar-refractivity contribution in [2.24, 2.45) is 5.92 Å². The summed E-state index contributed by atoms with van der Waals surface area (Å²) in [6.45, 7) is 1.73. The highest BCUT2D eigenvalue weighted by Gasteiger charge is 2.33. The van der Waals surface area contributed by atoms with Crippen LogP contribution in [0.15, 0.2) is 58.3 Å². The molecule has 1 aliphatic heterocycles. The molecule has 0 radical (unpaired) electrons. The fourth-order valence-corrected chi connectivity index (χ4v) is 6.11. The van der Waals surface area contributed by atoms with Gasteiger partial charge in [-0.05, 0) is 44.0 Å². The van der Waals surface area contributed by atoms with Gasteiger partial charge in [-0.3, -0.25) is 9.59 Å². The van der Waals surface area contributed by atoms with Gasteiger partial charge in [0, 0.05) is 38.7 Å². The first-order valence-electron chi connectivity index (χ1n) is 10.4. The Morgan fingerprint density at radius 1 is 0.939 bits per heavy atom. The molecule has 33 heavy (non-hydrogen) atoms. The average molecular weight is 494 g/mol. The van der Waals surface area contributed by atoms with E-state index in [1.807, 2.05) is 0 Å². The Morgan fingerprint density at radius 2 is 1.52 bits per heavy atom. The maximum absolute atomic E-state index is 12.9. The number of anilines is 1. The first-order valence-corrected chi connectivity index (χ1v) is 13.3. The van der Waals surface area contributed by atoms with Gasteiger partial charge >= 0.3 is 0 Å². The number of nitrogens with one attached hydrogen (secondary N) is 1.